The molecule has 2 saturated heterocycles. The molecule has 3 heterocycles. The van der Waals surface area contributed by atoms with Crippen LogP contribution in [0.15, 0.2) is 18.5 Å². The van der Waals surface area contributed by atoms with E-state index in [0.29, 0.717) is 0 Å². The second-order valence-corrected chi connectivity index (χ2v) is 6.21. The first kappa shape index (κ1) is 14.7. The molecule has 1 N–H and O–H groups in total. The van der Waals surface area contributed by atoms with Crippen LogP contribution in [0.2, 0.25) is 0 Å². The Morgan fingerprint density at radius 2 is 1.76 bits per heavy atom. The van der Waals surface area contributed by atoms with Crippen molar-refractivity contribution in [1.29, 1.82) is 0 Å². The van der Waals surface area contributed by atoms with Crippen LogP contribution in [0.5, 0.6) is 0 Å². The Morgan fingerprint density at radius 1 is 1.05 bits per heavy atom. The van der Waals surface area contributed by atoms with Crippen molar-refractivity contribution in [3.05, 3.63) is 18.5 Å². The average molecular weight is 289 g/mol. The number of anilines is 1. The summed E-state index contributed by atoms with van der Waals surface area (Å²) in [5, 5.41) is 3.42. The average Bonchev–Trinajstić information content (AvgIpc) is 2.57. The number of piperidine rings is 1. The maximum Gasteiger partial charge on any atom is 0.225 e. The van der Waals surface area contributed by atoms with Crippen LogP contribution in [0.4, 0.5) is 5.95 Å². The van der Waals surface area contributed by atoms with E-state index in [4.69, 9.17) is 0 Å². The highest BCUT2D eigenvalue weighted by Crippen LogP contribution is 2.24. The Kier molecular flexibility index (Phi) is 5.40. The molecule has 116 valence electrons. The second-order valence-electron chi connectivity index (χ2n) is 6.21. The molecule has 3 rings (SSSR count). The Balaban J connectivity index is 1.34. The van der Waals surface area contributed by atoms with Crippen LogP contribution in [-0.2, 0) is 0 Å². The number of hydrogen-bond acceptors (Lipinski definition) is 5. The lowest BCUT2D eigenvalue weighted by Crippen LogP contribution is -2.43. The fraction of sp³-hybridized carbons (Fsp3) is 0.750. The van der Waals surface area contributed by atoms with Gasteiger partial charge in [-0.2, -0.15) is 0 Å². The zero-order chi connectivity index (χ0) is 14.3. The molecule has 0 atom stereocenters. The lowest BCUT2D eigenvalue weighted by molar-refractivity contribution is 0.227. The largest absolute Gasteiger partial charge is 0.341 e. The summed E-state index contributed by atoms with van der Waals surface area (Å²) in [6.45, 7) is 8.28. The number of nitrogens with zero attached hydrogens (tertiary/aromatic N) is 4. The second kappa shape index (κ2) is 7.71. The van der Waals surface area contributed by atoms with Gasteiger partial charge >= 0.3 is 0 Å². The first-order chi connectivity index (χ1) is 10.4. The summed E-state index contributed by atoms with van der Waals surface area (Å²) < 4.78 is 0. The summed E-state index contributed by atoms with van der Waals surface area (Å²) in [6.07, 6.45) is 8.99. The van der Waals surface area contributed by atoms with Gasteiger partial charge in [-0.15, -0.1) is 0 Å². The molecule has 0 amide bonds. The molecule has 21 heavy (non-hydrogen) atoms. The quantitative estimate of drug-likeness (QED) is 0.887. The van der Waals surface area contributed by atoms with Gasteiger partial charge in [-0.1, -0.05) is 0 Å². The Labute approximate surface area is 127 Å². The first-order valence-electron chi connectivity index (χ1n) is 8.37. The summed E-state index contributed by atoms with van der Waals surface area (Å²) in [5.74, 6) is 1.80. The van der Waals surface area contributed by atoms with E-state index in [-0.39, 0.29) is 0 Å². The predicted octanol–water partition coefficient (Wildman–Crippen LogP) is 1.38. The summed E-state index contributed by atoms with van der Waals surface area (Å²) >= 11 is 0. The lowest BCUT2D eigenvalue weighted by atomic mass is 9.92. The monoisotopic (exact) mass is 289 g/mol. The Bertz CT molecular complexity index is 396. The van der Waals surface area contributed by atoms with Crippen LogP contribution >= 0.6 is 0 Å². The van der Waals surface area contributed by atoms with Crippen molar-refractivity contribution in [3.8, 4) is 0 Å². The topological polar surface area (TPSA) is 44.3 Å². The van der Waals surface area contributed by atoms with E-state index in [2.05, 4.69) is 25.1 Å². The van der Waals surface area contributed by atoms with E-state index in [1.165, 1.54) is 45.3 Å². The smallest absolute Gasteiger partial charge is 0.225 e. The van der Waals surface area contributed by atoms with Crippen LogP contribution < -0.4 is 10.2 Å². The molecule has 0 aliphatic carbocycles. The van der Waals surface area contributed by atoms with Gasteiger partial charge in [0.25, 0.3) is 0 Å². The van der Waals surface area contributed by atoms with Gasteiger partial charge in [0.1, 0.15) is 0 Å². The van der Waals surface area contributed by atoms with E-state index < -0.39 is 0 Å². The van der Waals surface area contributed by atoms with E-state index in [9.17, 15) is 0 Å². The third kappa shape index (κ3) is 4.38. The van der Waals surface area contributed by atoms with Gasteiger partial charge in [-0.05, 0) is 44.2 Å². The van der Waals surface area contributed by atoms with E-state index in [1.54, 1.807) is 0 Å². The Hall–Kier alpha value is -1.20. The molecule has 2 aliphatic rings. The normalized spacial score (nSPS) is 21.6. The molecule has 0 saturated carbocycles. The van der Waals surface area contributed by atoms with Crippen molar-refractivity contribution >= 4 is 5.95 Å². The molecule has 5 nitrogen and oxygen atoms in total. The number of hydrogen-bond donors (Lipinski definition) is 1. The van der Waals surface area contributed by atoms with E-state index >= 15 is 0 Å². The lowest BCUT2D eigenvalue weighted by Gasteiger charge is -2.32. The van der Waals surface area contributed by atoms with Crippen LogP contribution in [0, 0.1) is 5.92 Å². The molecule has 0 bridgehead atoms. The molecule has 2 aliphatic heterocycles. The van der Waals surface area contributed by atoms with Crippen LogP contribution in [0.25, 0.3) is 0 Å². The third-order valence-corrected chi connectivity index (χ3v) is 4.75. The van der Waals surface area contributed by atoms with Crippen molar-refractivity contribution < 1.29 is 0 Å². The van der Waals surface area contributed by atoms with Gasteiger partial charge in [0.2, 0.25) is 5.95 Å². The molecule has 1 aromatic rings. The Morgan fingerprint density at radius 3 is 2.48 bits per heavy atom. The van der Waals surface area contributed by atoms with Crippen molar-refractivity contribution in [1.82, 2.24) is 20.2 Å². The van der Waals surface area contributed by atoms with Crippen molar-refractivity contribution in [3.63, 3.8) is 0 Å². The minimum Gasteiger partial charge on any atom is -0.341 e. The minimum atomic E-state index is 0.896. The summed E-state index contributed by atoms with van der Waals surface area (Å²) in [7, 11) is 0. The van der Waals surface area contributed by atoms with Crippen LogP contribution in [0.1, 0.15) is 25.7 Å². The molecule has 0 aromatic carbocycles. The fourth-order valence-corrected chi connectivity index (χ4v) is 3.41. The predicted molar refractivity (Wildman–Crippen MR) is 85.5 cm³/mol. The zero-order valence-electron chi connectivity index (χ0n) is 12.9. The van der Waals surface area contributed by atoms with Gasteiger partial charge in [-0.25, -0.2) is 9.97 Å². The fourth-order valence-electron chi connectivity index (χ4n) is 3.41. The standard InChI is InChI=1S/C16H27N5/c1(10-20-13-8-17-9-14-20)3-15-4-11-21(12-5-15)16-18-6-2-7-19-16/h2,6-7,15,17H,1,3-5,8-14H2. The molecular formula is C16H27N5. The molecule has 5 heteroatoms. The highest BCUT2D eigenvalue weighted by atomic mass is 15.2. The molecule has 1 aromatic heterocycles. The summed E-state index contributed by atoms with van der Waals surface area (Å²) in [5.41, 5.74) is 0. The molecule has 0 radical (unpaired) electrons. The number of piperazine rings is 1. The SMILES string of the molecule is c1cnc(N2CCC(CCCN3CCNCC3)CC2)nc1. The van der Waals surface area contributed by atoms with Gasteiger partial charge < -0.3 is 15.1 Å². The summed E-state index contributed by atoms with van der Waals surface area (Å²) in [4.78, 5) is 13.6. The third-order valence-electron chi connectivity index (χ3n) is 4.75. The number of nitrogens with one attached hydrogen (secondary N) is 1. The first-order valence-corrected chi connectivity index (χ1v) is 8.37. The minimum absolute atomic E-state index is 0.896. The summed E-state index contributed by atoms with van der Waals surface area (Å²) in [6, 6.07) is 1.88. The van der Waals surface area contributed by atoms with Crippen LogP contribution in [-0.4, -0.2) is 60.7 Å². The molecule has 2 fully saturated rings. The van der Waals surface area contributed by atoms with E-state index in [0.717, 1.165) is 38.0 Å². The highest BCUT2D eigenvalue weighted by molar-refractivity contribution is 5.28. The maximum atomic E-state index is 4.35. The van der Waals surface area contributed by atoms with Gasteiger partial charge in [0, 0.05) is 51.7 Å². The number of aromatic nitrogens is 2. The van der Waals surface area contributed by atoms with Gasteiger partial charge in [0.15, 0.2) is 0 Å². The van der Waals surface area contributed by atoms with Gasteiger partial charge in [-0.3, -0.25) is 0 Å². The number of rotatable bonds is 5. The van der Waals surface area contributed by atoms with Crippen LogP contribution in [0.3, 0.4) is 0 Å². The van der Waals surface area contributed by atoms with Gasteiger partial charge in [0.05, 0.1) is 0 Å². The molecule has 0 spiro atoms. The zero-order valence-corrected chi connectivity index (χ0v) is 12.9. The highest BCUT2D eigenvalue weighted by Gasteiger charge is 2.20. The maximum absolute atomic E-state index is 4.35. The van der Waals surface area contributed by atoms with Crippen molar-refractivity contribution in [2.24, 2.45) is 5.92 Å². The van der Waals surface area contributed by atoms with E-state index in [1.807, 2.05) is 18.5 Å². The van der Waals surface area contributed by atoms with Crippen molar-refractivity contribution in [2.45, 2.75) is 25.7 Å². The molecular weight excluding hydrogens is 262 g/mol. The van der Waals surface area contributed by atoms with Crippen molar-refractivity contribution in [2.75, 3.05) is 50.7 Å². The molecule has 0 unspecified atom stereocenters.